The Bertz CT molecular complexity index is 883. The maximum atomic E-state index is 12.8. The van der Waals surface area contributed by atoms with Gasteiger partial charge in [-0.15, -0.1) is 0 Å². The molecule has 0 unspecified atom stereocenters. The Kier molecular flexibility index (Phi) is 6.31. The lowest BCUT2D eigenvalue weighted by Crippen LogP contribution is -2.59. The van der Waals surface area contributed by atoms with E-state index in [0.29, 0.717) is 11.1 Å². The van der Waals surface area contributed by atoms with Crippen LogP contribution in [0.25, 0.3) is 0 Å². The van der Waals surface area contributed by atoms with Crippen molar-refractivity contribution in [2.24, 2.45) is 0 Å². The van der Waals surface area contributed by atoms with Gasteiger partial charge < -0.3 is 14.7 Å². The van der Waals surface area contributed by atoms with Crippen molar-refractivity contribution in [3.05, 3.63) is 35.4 Å². The van der Waals surface area contributed by atoms with Gasteiger partial charge in [-0.1, -0.05) is 12.1 Å². The summed E-state index contributed by atoms with van der Waals surface area (Å²) in [5.41, 5.74) is 0.0995. The van der Waals surface area contributed by atoms with Crippen molar-refractivity contribution < 1.29 is 27.9 Å². The largest absolute Gasteiger partial charge is 0.480 e. The van der Waals surface area contributed by atoms with Crippen LogP contribution in [0.1, 0.15) is 31.9 Å². The van der Waals surface area contributed by atoms with E-state index in [4.69, 9.17) is 10.00 Å². The van der Waals surface area contributed by atoms with E-state index in [1.807, 2.05) is 6.07 Å². The molecule has 1 saturated heterocycles. The molecule has 1 atom stereocenters. The first-order valence-corrected chi connectivity index (χ1v) is 10.2. The summed E-state index contributed by atoms with van der Waals surface area (Å²) in [4.78, 5) is 25.1. The molecule has 0 bridgehead atoms. The fourth-order valence-corrected chi connectivity index (χ4v) is 4.45. The molecule has 10 heteroatoms. The van der Waals surface area contributed by atoms with Gasteiger partial charge in [-0.3, -0.25) is 4.79 Å². The normalized spacial score (nSPS) is 18.4. The summed E-state index contributed by atoms with van der Waals surface area (Å²) in [6, 6.07) is 6.58. The second kappa shape index (κ2) is 8.16. The van der Waals surface area contributed by atoms with E-state index < -0.39 is 39.5 Å². The third kappa shape index (κ3) is 5.43. The zero-order valence-electron chi connectivity index (χ0n) is 16.0. The van der Waals surface area contributed by atoms with Crippen LogP contribution in [-0.4, -0.2) is 66.1 Å². The number of carboxylic acids is 1. The highest BCUT2D eigenvalue weighted by Gasteiger charge is 2.41. The lowest BCUT2D eigenvalue weighted by molar-refractivity contribution is -0.143. The number of nitrogens with zero attached hydrogens (tertiary/aromatic N) is 3. The highest BCUT2D eigenvalue weighted by Crippen LogP contribution is 2.21. The molecule has 1 heterocycles. The Morgan fingerprint density at radius 3 is 2.36 bits per heavy atom. The number of sulfonamides is 1. The Labute approximate surface area is 164 Å². The Morgan fingerprint density at radius 2 is 1.86 bits per heavy atom. The van der Waals surface area contributed by atoms with Crippen LogP contribution in [0.3, 0.4) is 0 Å². The fraction of sp³-hybridized carbons (Fsp3) is 0.500. The molecule has 1 aromatic rings. The van der Waals surface area contributed by atoms with Crippen LogP contribution in [0, 0.1) is 11.3 Å². The second-order valence-corrected chi connectivity index (χ2v) is 9.38. The van der Waals surface area contributed by atoms with E-state index in [0.717, 1.165) is 4.31 Å². The molecule has 1 fully saturated rings. The number of aliphatic carboxylic acids is 1. The van der Waals surface area contributed by atoms with Crippen molar-refractivity contribution in [3.8, 4) is 6.07 Å². The monoisotopic (exact) mass is 409 g/mol. The van der Waals surface area contributed by atoms with E-state index >= 15 is 0 Å². The first-order valence-electron chi connectivity index (χ1n) is 8.62. The molecule has 0 aliphatic carbocycles. The van der Waals surface area contributed by atoms with Gasteiger partial charge in [0.1, 0.15) is 11.6 Å². The van der Waals surface area contributed by atoms with E-state index in [9.17, 15) is 23.1 Å². The zero-order valence-corrected chi connectivity index (χ0v) is 16.8. The van der Waals surface area contributed by atoms with Gasteiger partial charge in [-0.05, 0) is 38.5 Å². The number of ether oxygens (including phenoxy) is 1. The molecule has 2 rings (SSSR count). The van der Waals surface area contributed by atoms with E-state index in [1.165, 1.54) is 29.2 Å². The number of hydrogen-bond acceptors (Lipinski definition) is 6. The highest BCUT2D eigenvalue weighted by atomic mass is 32.2. The standard InChI is InChI=1S/C18H23N3O6S/c1-18(2,3)27-17(24)20-8-9-21(15(11-20)16(22)23)28(25,26)12-14-6-4-13(10-19)5-7-14/h4-7,15H,8-9,11-12H2,1-3H3,(H,22,23)/t15-/m0/s1. The summed E-state index contributed by atoms with van der Waals surface area (Å²) in [5, 5.41) is 18.3. The smallest absolute Gasteiger partial charge is 0.410 e. The van der Waals surface area contributed by atoms with Gasteiger partial charge in [0.15, 0.2) is 0 Å². The topological polar surface area (TPSA) is 128 Å². The number of amides is 1. The van der Waals surface area contributed by atoms with Crippen LogP contribution >= 0.6 is 0 Å². The quantitative estimate of drug-likeness (QED) is 0.796. The summed E-state index contributed by atoms with van der Waals surface area (Å²) in [6.45, 7) is 4.67. The van der Waals surface area contributed by atoms with Gasteiger partial charge >= 0.3 is 12.1 Å². The summed E-state index contributed by atoms with van der Waals surface area (Å²) in [7, 11) is -3.94. The van der Waals surface area contributed by atoms with Crippen molar-refractivity contribution in [3.63, 3.8) is 0 Å². The number of carboxylic acid groups (broad SMARTS) is 1. The lowest BCUT2D eigenvalue weighted by Gasteiger charge is -2.38. The third-order valence-corrected chi connectivity index (χ3v) is 5.91. The first-order chi connectivity index (χ1) is 12.9. The van der Waals surface area contributed by atoms with E-state index in [1.54, 1.807) is 20.8 Å². The van der Waals surface area contributed by atoms with Gasteiger partial charge in [0.25, 0.3) is 0 Å². The molecule has 0 spiro atoms. The van der Waals surface area contributed by atoms with Gasteiger partial charge in [0.05, 0.1) is 23.9 Å². The third-order valence-electron chi connectivity index (χ3n) is 4.06. The van der Waals surface area contributed by atoms with E-state index in [-0.39, 0.29) is 19.6 Å². The molecule has 1 aliphatic rings. The number of hydrogen-bond donors (Lipinski definition) is 1. The van der Waals surface area contributed by atoms with E-state index in [2.05, 4.69) is 0 Å². The number of carbonyl (C=O) groups excluding carboxylic acids is 1. The number of rotatable bonds is 4. The molecule has 0 radical (unpaired) electrons. The van der Waals surface area contributed by atoms with Crippen LogP contribution in [0.15, 0.2) is 24.3 Å². The molecular weight excluding hydrogens is 386 g/mol. The first kappa shape index (κ1) is 21.7. The Balaban J connectivity index is 2.16. The Morgan fingerprint density at radius 1 is 1.25 bits per heavy atom. The molecule has 1 aromatic carbocycles. The molecule has 152 valence electrons. The molecule has 0 aromatic heterocycles. The second-order valence-electron chi connectivity index (χ2n) is 7.46. The van der Waals surface area contributed by atoms with Crippen LogP contribution in [0.4, 0.5) is 4.79 Å². The average Bonchev–Trinajstić information content (AvgIpc) is 2.60. The maximum Gasteiger partial charge on any atom is 0.410 e. The maximum absolute atomic E-state index is 12.8. The van der Waals surface area contributed by atoms with Gasteiger partial charge in [0.2, 0.25) is 10.0 Å². The van der Waals surface area contributed by atoms with Crippen molar-refractivity contribution in [2.45, 2.75) is 38.2 Å². The summed E-state index contributed by atoms with van der Waals surface area (Å²) < 4.78 is 31.7. The van der Waals surface area contributed by atoms with Gasteiger partial charge in [-0.2, -0.15) is 9.57 Å². The van der Waals surface area contributed by atoms with Crippen LogP contribution in [0.5, 0.6) is 0 Å². The van der Waals surface area contributed by atoms with Crippen LogP contribution < -0.4 is 0 Å². The number of carbonyl (C=O) groups is 2. The predicted octanol–water partition coefficient (Wildman–Crippen LogP) is 1.39. The molecule has 0 saturated carbocycles. The summed E-state index contributed by atoms with van der Waals surface area (Å²) >= 11 is 0. The molecule has 9 nitrogen and oxygen atoms in total. The average molecular weight is 409 g/mol. The molecule has 28 heavy (non-hydrogen) atoms. The molecule has 1 amide bonds. The van der Waals surface area contributed by atoms with Crippen LogP contribution in [0.2, 0.25) is 0 Å². The molecule has 1 aliphatic heterocycles. The van der Waals surface area contributed by atoms with Crippen molar-refractivity contribution in [2.75, 3.05) is 19.6 Å². The van der Waals surface area contributed by atoms with Crippen molar-refractivity contribution >= 4 is 22.1 Å². The minimum absolute atomic E-state index is 0.0330. The minimum atomic E-state index is -3.94. The molecular formula is C18H23N3O6S. The highest BCUT2D eigenvalue weighted by molar-refractivity contribution is 7.88. The minimum Gasteiger partial charge on any atom is -0.480 e. The number of piperazine rings is 1. The SMILES string of the molecule is CC(C)(C)OC(=O)N1CCN(S(=O)(=O)Cc2ccc(C#N)cc2)[C@H](C(=O)O)C1. The number of benzene rings is 1. The fourth-order valence-electron chi connectivity index (χ4n) is 2.76. The molecule has 1 N–H and O–H groups in total. The summed E-state index contributed by atoms with van der Waals surface area (Å²) in [6.07, 6.45) is -0.678. The van der Waals surface area contributed by atoms with Crippen molar-refractivity contribution in [1.82, 2.24) is 9.21 Å². The number of nitriles is 1. The van der Waals surface area contributed by atoms with Crippen molar-refractivity contribution in [1.29, 1.82) is 5.26 Å². The lowest BCUT2D eigenvalue weighted by atomic mass is 10.2. The van der Waals surface area contributed by atoms with Gasteiger partial charge in [0, 0.05) is 13.1 Å². The predicted molar refractivity (Wildman–Crippen MR) is 99.7 cm³/mol. The summed E-state index contributed by atoms with van der Waals surface area (Å²) in [5.74, 6) is -1.73. The van der Waals surface area contributed by atoms with Crippen LogP contribution in [-0.2, 0) is 25.3 Å². The van der Waals surface area contributed by atoms with Gasteiger partial charge in [-0.25, -0.2) is 13.2 Å². The Hall–Kier alpha value is -2.64. The zero-order chi connectivity index (χ0) is 21.1.